The molecule has 0 fully saturated rings. The van der Waals surface area contributed by atoms with Crippen LogP contribution in [-0.2, 0) is 0 Å². The summed E-state index contributed by atoms with van der Waals surface area (Å²) in [7, 11) is 0. The van der Waals surface area contributed by atoms with Gasteiger partial charge in [0.15, 0.2) is 5.78 Å². The first kappa shape index (κ1) is 17.6. The highest BCUT2D eigenvalue weighted by Gasteiger charge is 2.42. The molecule has 148 valence electrons. The van der Waals surface area contributed by atoms with Gasteiger partial charge in [0.25, 0.3) is 5.69 Å². The van der Waals surface area contributed by atoms with Gasteiger partial charge in [-0.15, -0.1) is 0 Å². The Morgan fingerprint density at radius 1 is 0.806 bits per heavy atom. The van der Waals surface area contributed by atoms with E-state index in [0.29, 0.717) is 22.6 Å². The third-order valence-corrected chi connectivity index (χ3v) is 6.06. The molecule has 0 N–H and O–H groups in total. The highest BCUT2D eigenvalue weighted by atomic mass is 16.6. The minimum Gasteiger partial charge on any atom is -0.456 e. The molecule has 6 rings (SSSR count). The van der Waals surface area contributed by atoms with Crippen LogP contribution in [0.2, 0.25) is 0 Å². The Bertz CT molecular complexity index is 1450. The maximum absolute atomic E-state index is 13.5. The Labute approximate surface area is 177 Å². The lowest BCUT2D eigenvalue weighted by Gasteiger charge is -2.29. The number of hydrogen-bond donors (Lipinski definition) is 0. The summed E-state index contributed by atoms with van der Waals surface area (Å²) in [6.07, 6.45) is 0. The summed E-state index contributed by atoms with van der Waals surface area (Å²) in [5.74, 6) is 0.829. The fourth-order valence-corrected chi connectivity index (χ4v) is 4.68. The molecular formula is C26H15NO4. The van der Waals surface area contributed by atoms with E-state index >= 15 is 0 Å². The van der Waals surface area contributed by atoms with Crippen molar-refractivity contribution in [2.75, 3.05) is 0 Å². The molecule has 5 heteroatoms. The summed E-state index contributed by atoms with van der Waals surface area (Å²) in [5, 5.41) is 13.2. The number of carbonyl (C=O) groups excluding carboxylic acids is 1. The number of non-ortho nitro benzene ring substituents is 1. The highest BCUT2D eigenvalue weighted by Crippen LogP contribution is 2.52. The molecule has 31 heavy (non-hydrogen) atoms. The van der Waals surface area contributed by atoms with Crippen LogP contribution in [0.15, 0.2) is 90.5 Å². The molecule has 0 amide bonds. The molecule has 1 aliphatic heterocycles. The van der Waals surface area contributed by atoms with Gasteiger partial charge in [-0.2, -0.15) is 0 Å². The van der Waals surface area contributed by atoms with Crippen molar-refractivity contribution in [3.8, 4) is 5.75 Å². The quantitative estimate of drug-likeness (QED) is 0.308. The van der Waals surface area contributed by atoms with Gasteiger partial charge in [0.05, 0.1) is 10.5 Å². The van der Waals surface area contributed by atoms with Crippen molar-refractivity contribution in [1.29, 1.82) is 0 Å². The van der Waals surface area contributed by atoms with Crippen molar-refractivity contribution < 1.29 is 14.5 Å². The van der Waals surface area contributed by atoms with Crippen molar-refractivity contribution in [2.45, 2.75) is 5.92 Å². The summed E-state index contributed by atoms with van der Waals surface area (Å²) < 4.78 is 6.33. The first-order valence-corrected chi connectivity index (χ1v) is 9.95. The monoisotopic (exact) mass is 405 g/mol. The van der Waals surface area contributed by atoms with Gasteiger partial charge in [-0.25, -0.2) is 0 Å². The minimum absolute atomic E-state index is 0.0178. The molecule has 1 aliphatic carbocycles. The van der Waals surface area contributed by atoms with Crippen LogP contribution >= 0.6 is 0 Å². The van der Waals surface area contributed by atoms with Gasteiger partial charge in [0.2, 0.25) is 0 Å². The topological polar surface area (TPSA) is 69.4 Å². The number of rotatable bonds is 2. The van der Waals surface area contributed by atoms with Crippen molar-refractivity contribution in [3.63, 3.8) is 0 Å². The van der Waals surface area contributed by atoms with E-state index in [1.165, 1.54) is 12.1 Å². The van der Waals surface area contributed by atoms with Crippen LogP contribution in [0, 0.1) is 10.1 Å². The number of fused-ring (bicyclic) bond motifs is 5. The van der Waals surface area contributed by atoms with E-state index < -0.39 is 4.92 Å². The minimum atomic E-state index is -0.418. The molecule has 4 aromatic rings. The number of carbonyl (C=O) groups is 1. The van der Waals surface area contributed by atoms with Crippen LogP contribution in [0.3, 0.4) is 0 Å². The Balaban J connectivity index is 1.65. The Morgan fingerprint density at radius 2 is 1.52 bits per heavy atom. The smallest absolute Gasteiger partial charge is 0.269 e. The lowest BCUT2D eigenvalue weighted by Crippen LogP contribution is -2.17. The number of hydrogen-bond acceptors (Lipinski definition) is 4. The molecule has 0 bridgehead atoms. The van der Waals surface area contributed by atoms with Crippen molar-refractivity contribution >= 4 is 28.0 Å². The molecule has 1 atom stereocenters. The van der Waals surface area contributed by atoms with Crippen LogP contribution < -0.4 is 4.74 Å². The fourth-order valence-electron chi connectivity index (χ4n) is 4.68. The standard InChI is InChI=1S/C26H15NO4/c28-25-19-7-3-4-8-20(19)26-24(25)22(16-9-12-17(13-10-16)27(29)30)23-18-6-2-1-5-15(18)11-14-21(23)31-26/h1-14,22H. The average Bonchev–Trinajstić information content (AvgIpc) is 3.09. The van der Waals surface area contributed by atoms with E-state index in [0.717, 1.165) is 27.5 Å². The van der Waals surface area contributed by atoms with E-state index in [1.54, 1.807) is 12.1 Å². The zero-order valence-corrected chi connectivity index (χ0v) is 16.2. The van der Waals surface area contributed by atoms with Gasteiger partial charge in [0, 0.05) is 34.7 Å². The highest BCUT2D eigenvalue weighted by molar-refractivity contribution is 6.22. The summed E-state index contributed by atoms with van der Waals surface area (Å²) in [6, 6.07) is 25.8. The van der Waals surface area contributed by atoms with Crippen LogP contribution in [0.5, 0.6) is 5.75 Å². The van der Waals surface area contributed by atoms with Crippen LogP contribution in [-0.4, -0.2) is 10.7 Å². The molecular weight excluding hydrogens is 390 g/mol. The number of ether oxygens (including phenoxy) is 1. The zero-order valence-electron chi connectivity index (χ0n) is 16.2. The summed E-state index contributed by atoms with van der Waals surface area (Å²) in [6.45, 7) is 0. The molecule has 0 saturated heterocycles. The van der Waals surface area contributed by atoms with Gasteiger partial charge >= 0.3 is 0 Å². The van der Waals surface area contributed by atoms with Gasteiger partial charge in [-0.1, -0.05) is 66.7 Å². The third kappa shape index (κ3) is 2.47. The molecule has 0 aromatic heterocycles. The first-order valence-electron chi connectivity index (χ1n) is 9.95. The Hall–Kier alpha value is -4.25. The second-order valence-electron chi connectivity index (χ2n) is 7.70. The Kier molecular flexibility index (Phi) is 3.62. The average molecular weight is 405 g/mol. The summed E-state index contributed by atoms with van der Waals surface area (Å²) >= 11 is 0. The molecule has 0 saturated carbocycles. The molecule has 5 nitrogen and oxygen atoms in total. The molecule has 0 radical (unpaired) electrons. The second-order valence-corrected chi connectivity index (χ2v) is 7.70. The SMILES string of the molecule is O=C1C2=C(Oc3ccc4ccccc4c3C2c2ccc([N+](=O)[O-])cc2)c2ccccc21. The second kappa shape index (κ2) is 6.37. The maximum Gasteiger partial charge on any atom is 0.269 e. The molecule has 4 aromatic carbocycles. The van der Waals surface area contributed by atoms with Crippen molar-refractivity contribution in [3.05, 3.63) is 123 Å². The molecule has 1 unspecified atom stereocenters. The Morgan fingerprint density at radius 3 is 2.29 bits per heavy atom. The number of ketones is 1. The van der Waals surface area contributed by atoms with E-state index in [1.807, 2.05) is 60.7 Å². The number of nitro benzene ring substituents is 1. The maximum atomic E-state index is 13.5. The van der Waals surface area contributed by atoms with E-state index in [9.17, 15) is 14.9 Å². The van der Waals surface area contributed by atoms with Crippen LogP contribution in [0.1, 0.15) is 33.0 Å². The molecule has 2 aliphatic rings. The van der Waals surface area contributed by atoms with E-state index in [-0.39, 0.29) is 17.4 Å². The van der Waals surface area contributed by atoms with Gasteiger partial charge in [-0.05, 0) is 22.4 Å². The van der Waals surface area contributed by atoms with E-state index in [2.05, 4.69) is 0 Å². The lowest BCUT2D eigenvalue weighted by atomic mass is 9.79. The number of nitrogens with zero attached hydrogens (tertiary/aromatic N) is 1. The molecule has 0 spiro atoms. The number of nitro groups is 1. The van der Waals surface area contributed by atoms with Crippen LogP contribution in [0.25, 0.3) is 16.5 Å². The van der Waals surface area contributed by atoms with Crippen molar-refractivity contribution in [2.24, 2.45) is 0 Å². The normalized spacial score (nSPS) is 16.5. The van der Waals surface area contributed by atoms with Crippen molar-refractivity contribution in [1.82, 2.24) is 0 Å². The molecule has 1 heterocycles. The predicted molar refractivity (Wildman–Crippen MR) is 117 cm³/mol. The first-order chi connectivity index (χ1) is 15.1. The van der Waals surface area contributed by atoms with Gasteiger partial charge in [0.1, 0.15) is 11.5 Å². The summed E-state index contributed by atoms with van der Waals surface area (Å²) in [4.78, 5) is 24.2. The predicted octanol–water partition coefficient (Wildman–Crippen LogP) is 5.88. The number of allylic oxidation sites excluding steroid dienone is 1. The van der Waals surface area contributed by atoms with Gasteiger partial charge < -0.3 is 4.74 Å². The summed E-state index contributed by atoms with van der Waals surface area (Å²) in [5.41, 5.74) is 3.74. The third-order valence-electron chi connectivity index (χ3n) is 6.06. The number of Topliss-reactive ketones (excluding diaryl/α,β-unsaturated/α-hetero) is 1. The lowest BCUT2D eigenvalue weighted by molar-refractivity contribution is -0.384. The van der Waals surface area contributed by atoms with Gasteiger partial charge in [-0.3, -0.25) is 14.9 Å². The van der Waals surface area contributed by atoms with Crippen LogP contribution in [0.4, 0.5) is 5.69 Å². The fraction of sp³-hybridized carbons (Fsp3) is 0.0385. The zero-order chi connectivity index (χ0) is 21.1. The number of benzene rings is 4. The van der Waals surface area contributed by atoms with E-state index in [4.69, 9.17) is 4.74 Å². The largest absolute Gasteiger partial charge is 0.456 e.